The third-order valence-corrected chi connectivity index (χ3v) is 19.3. The highest BCUT2D eigenvalue weighted by Crippen LogP contribution is 2.27. The zero-order valence-corrected chi connectivity index (χ0v) is 24.4. The van der Waals surface area contributed by atoms with Crippen molar-refractivity contribution in [1.29, 1.82) is 0 Å². The zero-order valence-electron chi connectivity index (χ0n) is 19.4. The molecule has 0 saturated carbocycles. The maximum absolute atomic E-state index is 6.17. The van der Waals surface area contributed by atoms with Crippen molar-refractivity contribution in [1.82, 2.24) is 0 Å². The molecule has 0 saturated heterocycles. The Morgan fingerprint density at radius 2 is 0.483 bits per heavy atom. The van der Waals surface area contributed by atoms with Crippen molar-refractivity contribution in [3.8, 4) is 0 Å². The second-order valence-electron chi connectivity index (χ2n) is 6.34. The summed E-state index contributed by atoms with van der Waals surface area (Å²) < 4.78 is 67.4. The second-order valence-corrected chi connectivity index (χ2v) is 21.5. The first-order valence-corrected chi connectivity index (χ1v) is 19.1. The van der Waals surface area contributed by atoms with Crippen LogP contribution in [0.5, 0.6) is 0 Å². The molecule has 0 fully saturated rings. The van der Waals surface area contributed by atoms with E-state index in [-0.39, 0.29) is 0 Å². The Morgan fingerprint density at radius 3 is 0.655 bits per heavy atom. The number of hydrogen-bond donors (Lipinski definition) is 0. The molecule has 0 bridgehead atoms. The molecule has 0 N–H and O–H groups in total. The fourth-order valence-corrected chi connectivity index (χ4v) is 18.0. The third kappa shape index (κ3) is 8.57. The van der Waals surface area contributed by atoms with E-state index in [1.54, 1.807) is 26.2 Å². The smallest absolute Gasteiger partial charge is 0.371 e. The highest BCUT2D eigenvalue weighted by molar-refractivity contribution is 6.84. The van der Waals surface area contributed by atoms with Gasteiger partial charge in [-0.25, -0.2) is 0 Å². The van der Waals surface area contributed by atoms with Crippen LogP contribution in [0.4, 0.5) is 0 Å². The molecule has 0 aromatic heterocycles. The van der Waals surface area contributed by atoms with Crippen LogP contribution < -0.4 is 0 Å². The van der Waals surface area contributed by atoms with Gasteiger partial charge in [0.25, 0.3) is 0 Å². The summed E-state index contributed by atoms with van der Waals surface area (Å²) in [7, 11) is -5.00. The molecule has 0 heterocycles. The lowest BCUT2D eigenvalue weighted by molar-refractivity contribution is 0.0152. The molecule has 12 nitrogen and oxygen atoms in total. The van der Waals surface area contributed by atoms with Crippen molar-refractivity contribution in [2.75, 3.05) is 56.9 Å². The van der Waals surface area contributed by atoms with E-state index < -0.39 is 44.3 Å². The first kappa shape index (κ1) is 29.6. The quantitative estimate of drug-likeness (QED) is 0.274. The van der Waals surface area contributed by atoms with Gasteiger partial charge in [-0.1, -0.05) is 0 Å². The van der Waals surface area contributed by atoms with Crippen LogP contribution in [0, 0.1) is 0 Å². The number of rotatable bonds is 16. The van der Waals surface area contributed by atoms with E-state index in [1.165, 1.54) is 56.9 Å². The van der Waals surface area contributed by atoms with Gasteiger partial charge in [-0.15, -0.1) is 0 Å². The molecule has 0 radical (unpaired) electrons. The molecule has 0 aliphatic heterocycles. The van der Waals surface area contributed by atoms with Gasteiger partial charge in [0.2, 0.25) is 0 Å². The fraction of sp³-hybridized carbons (Fsp3) is 1.00. The van der Waals surface area contributed by atoms with Crippen molar-refractivity contribution in [2.24, 2.45) is 0 Å². The van der Waals surface area contributed by atoms with E-state index in [2.05, 4.69) is 0 Å². The minimum Gasteiger partial charge on any atom is -0.371 e. The number of hydrogen-bond acceptors (Lipinski definition) is 12. The first-order valence-electron chi connectivity index (χ1n) is 8.53. The highest BCUT2D eigenvalue weighted by Gasteiger charge is 2.59. The lowest BCUT2D eigenvalue weighted by atomic mass is 11.8. The Hall–Kier alpha value is 0.604. The van der Waals surface area contributed by atoms with Gasteiger partial charge in [0.15, 0.2) is 0 Å². The molecule has 0 aromatic carbocycles. The monoisotopic (exact) mass is 512 g/mol. The van der Waals surface area contributed by atoms with Crippen molar-refractivity contribution in [3.05, 3.63) is 0 Å². The van der Waals surface area contributed by atoms with Crippen LogP contribution in [0.3, 0.4) is 0 Å². The van der Waals surface area contributed by atoms with E-state index in [0.29, 0.717) is 0 Å². The molecule has 29 heavy (non-hydrogen) atoms. The maximum atomic E-state index is 6.17. The molecule has 0 amide bonds. The minimum atomic E-state index is -3.71. The van der Waals surface area contributed by atoms with Crippen LogP contribution >= 0.6 is 0 Å². The SMILES string of the molecule is CO[Si](OC)(OC)O[Si](C)(C)O[Si](OC)(OC)O[Si](C)(C)O[Si](OC)(OC)OC. The van der Waals surface area contributed by atoms with Crippen molar-refractivity contribution >= 4 is 44.3 Å². The van der Waals surface area contributed by atoms with Gasteiger partial charge in [-0.05, 0) is 26.2 Å². The van der Waals surface area contributed by atoms with Crippen LogP contribution in [-0.2, 0) is 51.9 Å². The van der Waals surface area contributed by atoms with Gasteiger partial charge < -0.3 is 51.9 Å². The average Bonchev–Trinajstić information content (AvgIpc) is 2.69. The summed E-state index contributed by atoms with van der Waals surface area (Å²) in [6.07, 6.45) is 0. The Bertz CT molecular complexity index is 416. The van der Waals surface area contributed by atoms with Gasteiger partial charge >= 0.3 is 44.3 Å². The fourth-order valence-electron chi connectivity index (χ4n) is 2.27. The summed E-state index contributed by atoms with van der Waals surface area (Å²) in [5.74, 6) is 0. The lowest BCUT2D eigenvalue weighted by Crippen LogP contribution is -2.65. The van der Waals surface area contributed by atoms with Gasteiger partial charge in [0.05, 0.1) is 0 Å². The van der Waals surface area contributed by atoms with Crippen LogP contribution in [0.2, 0.25) is 26.2 Å². The summed E-state index contributed by atoms with van der Waals surface area (Å²) in [6, 6.07) is 0. The molecule has 0 unspecified atom stereocenters. The predicted molar refractivity (Wildman–Crippen MR) is 113 cm³/mol. The molecular weight excluding hydrogens is 477 g/mol. The Balaban J connectivity index is 5.64. The normalized spacial score (nSPS) is 14.5. The molecule has 0 aliphatic rings. The molecule has 0 atom stereocenters. The van der Waals surface area contributed by atoms with Gasteiger partial charge in [0.1, 0.15) is 0 Å². The van der Waals surface area contributed by atoms with Crippen molar-refractivity contribution in [3.63, 3.8) is 0 Å². The summed E-state index contributed by atoms with van der Waals surface area (Å²) in [6.45, 7) is 7.07. The Kier molecular flexibility index (Phi) is 12.3. The minimum absolute atomic E-state index is 1.42. The molecule has 176 valence electrons. The summed E-state index contributed by atoms with van der Waals surface area (Å²) >= 11 is 0. The second kappa shape index (κ2) is 12.0. The van der Waals surface area contributed by atoms with E-state index in [4.69, 9.17) is 51.9 Å². The van der Waals surface area contributed by atoms with Crippen molar-refractivity contribution in [2.45, 2.75) is 26.2 Å². The molecular formula is C12H36O12Si5. The predicted octanol–water partition coefficient (Wildman–Crippen LogP) is 0.934. The van der Waals surface area contributed by atoms with Gasteiger partial charge in [0, 0.05) is 56.9 Å². The van der Waals surface area contributed by atoms with Crippen LogP contribution in [0.25, 0.3) is 0 Å². The molecule has 17 heteroatoms. The van der Waals surface area contributed by atoms with Crippen LogP contribution in [-0.4, -0.2) is 101 Å². The van der Waals surface area contributed by atoms with Gasteiger partial charge in [-0.3, -0.25) is 0 Å². The Morgan fingerprint density at radius 1 is 0.310 bits per heavy atom. The summed E-state index contributed by atoms with van der Waals surface area (Å²) in [4.78, 5) is 0. The molecule has 0 aromatic rings. The summed E-state index contributed by atoms with van der Waals surface area (Å²) in [5, 5.41) is 0. The van der Waals surface area contributed by atoms with Crippen molar-refractivity contribution < 1.29 is 51.9 Å². The third-order valence-electron chi connectivity index (χ3n) is 3.48. The van der Waals surface area contributed by atoms with E-state index in [0.717, 1.165) is 0 Å². The zero-order chi connectivity index (χ0) is 23.0. The van der Waals surface area contributed by atoms with Gasteiger partial charge in [-0.2, -0.15) is 0 Å². The maximum Gasteiger partial charge on any atom is 0.669 e. The largest absolute Gasteiger partial charge is 0.669 e. The van der Waals surface area contributed by atoms with Crippen LogP contribution in [0.15, 0.2) is 0 Å². The topological polar surface area (TPSA) is 111 Å². The average molecular weight is 513 g/mol. The first-order chi connectivity index (χ1) is 13.3. The Labute approximate surface area is 179 Å². The highest BCUT2D eigenvalue weighted by atomic mass is 28.5. The van der Waals surface area contributed by atoms with E-state index in [9.17, 15) is 0 Å². The lowest BCUT2D eigenvalue weighted by Gasteiger charge is -2.40. The van der Waals surface area contributed by atoms with E-state index >= 15 is 0 Å². The van der Waals surface area contributed by atoms with E-state index in [1.807, 2.05) is 0 Å². The molecule has 0 spiro atoms. The standard InChI is InChI=1S/C12H36O12Si5/c1-13-27(14-2,15-3)21-25(9,10)23-29(19-7,20-8)24-26(11,12)22-28(16-4,17-5)18-6/h1-12H3. The molecule has 0 aliphatic carbocycles. The molecule has 0 rings (SSSR count). The summed E-state index contributed by atoms with van der Waals surface area (Å²) in [5.41, 5.74) is 0. The van der Waals surface area contributed by atoms with Crippen LogP contribution in [0.1, 0.15) is 0 Å².